The molecule has 0 amide bonds. The fourth-order valence-electron chi connectivity index (χ4n) is 5.46. The molecular formula is C30H49N3O5Si. The molecule has 2 unspecified atom stereocenters. The van der Waals surface area contributed by atoms with E-state index in [-0.39, 0.29) is 30.9 Å². The zero-order valence-corrected chi connectivity index (χ0v) is 26.5. The van der Waals surface area contributed by atoms with Crippen LogP contribution in [0.1, 0.15) is 79.0 Å². The van der Waals surface area contributed by atoms with Crippen LogP contribution in [0.2, 0.25) is 13.1 Å². The third-order valence-corrected chi connectivity index (χ3v) is 10.7. The number of nitrogens with zero attached hydrogens (tertiary/aromatic N) is 2. The molecule has 218 valence electrons. The first-order chi connectivity index (χ1) is 17.8. The third-order valence-electron chi connectivity index (χ3n) is 8.30. The topological polar surface area (TPSA) is 120 Å². The van der Waals surface area contributed by atoms with Gasteiger partial charge >= 0.3 is 5.69 Å². The number of nitrogen functional groups attached to an aromatic ring is 1. The number of hydrogen-bond acceptors (Lipinski definition) is 7. The minimum absolute atomic E-state index is 0.114. The molecule has 1 aromatic heterocycles. The van der Waals surface area contributed by atoms with Crippen molar-refractivity contribution in [2.45, 2.75) is 111 Å². The monoisotopic (exact) mass is 559 g/mol. The highest BCUT2D eigenvalue weighted by Gasteiger charge is 2.65. The van der Waals surface area contributed by atoms with Crippen molar-refractivity contribution in [2.24, 2.45) is 16.7 Å². The van der Waals surface area contributed by atoms with E-state index in [9.17, 15) is 15.0 Å². The first-order valence-corrected chi connectivity index (χ1v) is 16.9. The second kappa shape index (κ2) is 11.1. The first kappa shape index (κ1) is 31.5. The van der Waals surface area contributed by atoms with Crippen LogP contribution in [0.5, 0.6) is 0 Å². The summed E-state index contributed by atoms with van der Waals surface area (Å²) in [6.45, 7) is 20.1. The first-order valence-electron chi connectivity index (χ1n) is 14.0. The number of hydrogen-bond donors (Lipinski definition) is 3. The van der Waals surface area contributed by atoms with E-state index in [2.05, 4.69) is 31.9 Å². The molecule has 0 bridgehead atoms. The molecule has 0 saturated carbocycles. The minimum Gasteiger partial charge on any atom is -0.390 e. The fraction of sp³-hybridized carbons (Fsp3) is 0.667. The van der Waals surface area contributed by atoms with Gasteiger partial charge in [-0.3, -0.25) is 4.57 Å². The summed E-state index contributed by atoms with van der Waals surface area (Å²) in [5.74, 6) is 0.323. The Hall–Kier alpha value is -2.04. The predicted molar refractivity (Wildman–Crippen MR) is 158 cm³/mol. The molecule has 0 radical (unpaired) electrons. The lowest BCUT2D eigenvalue weighted by atomic mass is 9.68. The fourth-order valence-corrected chi connectivity index (χ4v) is 7.34. The van der Waals surface area contributed by atoms with Gasteiger partial charge in [-0.1, -0.05) is 98.8 Å². The van der Waals surface area contributed by atoms with Crippen LogP contribution in [-0.4, -0.2) is 46.4 Å². The zero-order chi connectivity index (χ0) is 29.6. The molecule has 1 aliphatic rings. The van der Waals surface area contributed by atoms with E-state index in [1.165, 1.54) is 4.57 Å². The van der Waals surface area contributed by atoms with Gasteiger partial charge in [0.05, 0.1) is 27.6 Å². The van der Waals surface area contributed by atoms with Crippen molar-refractivity contribution in [2.75, 3.05) is 5.73 Å². The van der Waals surface area contributed by atoms with Gasteiger partial charge in [0.15, 0.2) is 0 Å². The third kappa shape index (κ3) is 6.02. The molecule has 4 N–H and O–H groups in total. The van der Waals surface area contributed by atoms with E-state index < -0.39 is 48.5 Å². The van der Waals surface area contributed by atoms with Gasteiger partial charge in [0.1, 0.15) is 22.9 Å². The smallest absolute Gasteiger partial charge is 0.351 e. The molecular weight excluding hydrogens is 510 g/mol. The highest BCUT2D eigenvalue weighted by atomic mass is 28.3. The second-order valence-corrected chi connectivity index (χ2v) is 17.1. The van der Waals surface area contributed by atoms with E-state index in [0.717, 1.165) is 5.56 Å². The Bertz CT molecular complexity index is 1190. The quantitative estimate of drug-likeness (QED) is 0.410. The van der Waals surface area contributed by atoms with Crippen molar-refractivity contribution in [1.82, 2.24) is 9.55 Å². The van der Waals surface area contributed by atoms with Gasteiger partial charge in [0.25, 0.3) is 0 Å². The molecule has 3 rings (SSSR count). The summed E-state index contributed by atoms with van der Waals surface area (Å²) in [5, 5.41) is 22.5. The number of anilines is 1. The molecule has 9 heteroatoms. The molecule has 2 aromatic rings. The van der Waals surface area contributed by atoms with Crippen LogP contribution in [0.25, 0.3) is 0 Å². The van der Waals surface area contributed by atoms with Crippen molar-refractivity contribution in [3.8, 4) is 0 Å². The van der Waals surface area contributed by atoms with Gasteiger partial charge in [0, 0.05) is 18.2 Å². The van der Waals surface area contributed by atoms with E-state index >= 15 is 0 Å². The lowest BCUT2D eigenvalue weighted by molar-refractivity contribution is -0.180. The van der Waals surface area contributed by atoms with Crippen LogP contribution >= 0.6 is 0 Å². The number of aliphatic hydroxyl groups excluding tert-OH is 1. The molecule has 2 heterocycles. The number of aromatic nitrogens is 2. The largest absolute Gasteiger partial charge is 0.390 e. The number of aliphatic hydroxyl groups is 2. The van der Waals surface area contributed by atoms with Crippen molar-refractivity contribution in [1.29, 1.82) is 0 Å². The van der Waals surface area contributed by atoms with E-state index in [1.54, 1.807) is 6.20 Å². The standard InChI is InChI=1S/C30H49N3O5Si/c1-19(2)22(20-14-12-11-13-15-20)37-17-21-16-33(26(35)32-25(21)31)30(39(9)10)18-29(36,28(6,7)8)24(38-30)23(34)27(3,4)5/h11-16,19,22-24,34,36,39H,17-18H2,1-10H3,(H2,31,32,35)/t22?,23?,24-,29+,30+/m1/s1. The maximum Gasteiger partial charge on any atom is 0.351 e. The number of benzene rings is 1. The van der Waals surface area contributed by atoms with Gasteiger partial charge in [-0.05, 0) is 22.3 Å². The maximum atomic E-state index is 13.4. The Morgan fingerprint density at radius 1 is 1.18 bits per heavy atom. The average molecular weight is 560 g/mol. The highest BCUT2D eigenvalue weighted by molar-refractivity contribution is 6.58. The zero-order valence-electron chi connectivity index (χ0n) is 25.4. The summed E-state index contributed by atoms with van der Waals surface area (Å²) in [6, 6.07) is 10.0. The molecule has 0 spiro atoms. The summed E-state index contributed by atoms with van der Waals surface area (Å²) in [7, 11) is -1.89. The Morgan fingerprint density at radius 3 is 2.26 bits per heavy atom. The summed E-state index contributed by atoms with van der Waals surface area (Å²) >= 11 is 0. The molecule has 5 atom stereocenters. The Labute approximate surface area is 235 Å². The highest BCUT2D eigenvalue weighted by Crippen LogP contribution is 2.53. The molecule has 1 aliphatic heterocycles. The van der Waals surface area contributed by atoms with E-state index in [1.807, 2.05) is 71.9 Å². The van der Waals surface area contributed by atoms with Gasteiger partial charge in [-0.15, -0.1) is 0 Å². The second-order valence-electron chi connectivity index (χ2n) is 13.9. The summed E-state index contributed by atoms with van der Waals surface area (Å²) in [4.78, 5) is 17.6. The van der Waals surface area contributed by atoms with Gasteiger partial charge in [-0.2, -0.15) is 4.98 Å². The van der Waals surface area contributed by atoms with Gasteiger partial charge < -0.3 is 25.4 Å². The van der Waals surface area contributed by atoms with Gasteiger partial charge in [-0.25, -0.2) is 4.79 Å². The van der Waals surface area contributed by atoms with Crippen molar-refractivity contribution in [3.63, 3.8) is 0 Å². The SMILES string of the molecule is CC(C)C(OCc1cn([C@@]2([SiH](C)C)C[C@@](O)(C(C)(C)C)[C@@H](C(O)C(C)(C)C)O2)c(=O)nc1N)c1ccccc1. The van der Waals surface area contributed by atoms with Crippen LogP contribution in [0, 0.1) is 16.7 Å². The van der Waals surface area contributed by atoms with E-state index in [0.29, 0.717) is 5.56 Å². The van der Waals surface area contributed by atoms with Crippen molar-refractivity contribution in [3.05, 3.63) is 58.1 Å². The summed E-state index contributed by atoms with van der Waals surface area (Å²) < 4.78 is 14.6. The number of rotatable bonds is 8. The Morgan fingerprint density at radius 2 is 1.77 bits per heavy atom. The van der Waals surface area contributed by atoms with Crippen molar-refractivity contribution < 1.29 is 19.7 Å². The van der Waals surface area contributed by atoms with E-state index in [4.69, 9.17) is 15.2 Å². The molecule has 8 nitrogen and oxygen atoms in total. The van der Waals surface area contributed by atoms with Crippen molar-refractivity contribution >= 4 is 14.6 Å². The summed E-state index contributed by atoms with van der Waals surface area (Å²) in [5.41, 5.74) is 4.76. The molecule has 1 fully saturated rings. The van der Waals surface area contributed by atoms with Crippen LogP contribution < -0.4 is 11.4 Å². The minimum atomic E-state index is -1.89. The number of nitrogens with two attached hydrogens (primary N) is 1. The molecule has 39 heavy (non-hydrogen) atoms. The normalized spacial score (nSPS) is 25.8. The lowest BCUT2D eigenvalue weighted by Crippen LogP contribution is -2.57. The van der Waals surface area contributed by atoms with Crippen LogP contribution in [0.4, 0.5) is 5.82 Å². The van der Waals surface area contributed by atoms with Crippen LogP contribution in [0.15, 0.2) is 41.3 Å². The Balaban J connectivity index is 2.09. The van der Waals surface area contributed by atoms with Crippen LogP contribution in [-0.2, 0) is 21.4 Å². The maximum absolute atomic E-state index is 13.4. The average Bonchev–Trinajstić information content (AvgIpc) is 3.15. The van der Waals surface area contributed by atoms with Crippen LogP contribution in [0.3, 0.4) is 0 Å². The molecule has 0 aliphatic carbocycles. The predicted octanol–water partition coefficient (Wildman–Crippen LogP) is 4.39. The lowest BCUT2D eigenvalue weighted by Gasteiger charge is -2.44. The summed E-state index contributed by atoms with van der Waals surface area (Å²) in [6.07, 6.45) is -0.182. The molecule has 1 aromatic carbocycles. The molecule has 1 saturated heterocycles. The Kier molecular flexibility index (Phi) is 8.95. The number of ether oxygens (including phenoxy) is 2. The van der Waals surface area contributed by atoms with Gasteiger partial charge in [0.2, 0.25) is 0 Å².